The molecular weight excluding hydrogens is 288 g/mol. The zero-order valence-corrected chi connectivity index (χ0v) is 13.9. The van der Waals surface area contributed by atoms with E-state index in [1.807, 2.05) is 0 Å². The summed E-state index contributed by atoms with van der Waals surface area (Å²) in [6.45, 7) is 9.20. The molecule has 1 fully saturated rings. The molecule has 1 heterocycles. The second-order valence-electron chi connectivity index (χ2n) is 6.90. The van der Waals surface area contributed by atoms with E-state index in [0.717, 1.165) is 0 Å². The number of alkyl carbamates (subject to hydrolysis) is 1. The highest BCUT2D eigenvalue weighted by Crippen LogP contribution is 2.20. The van der Waals surface area contributed by atoms with Gasteiger partial charge in [-0.2, -0.15) is 0 Å². The van der Waals surface area contributed by atoms with Crippen LogP contribution in [0.1, 0.15) is 47.5 Å². The van der Waals surface area contributed by atoms with E-state index in [-0.39, 0.29) is 11.8 Å². The molecule has 2 N–H and O–H groups in total. The third kappa shape index (κ3) is 4.89. The average Bonchev–Trinajstić information content (AvgIpc) is 2.81. The third-order valence-electron chi connectivity index (χ3n) is 3.43. The number of amides is 2. The van der Waals surface area contributed by atoms with Gasteiger partial charge in [0.15, 0.2) is 0 Å². The van der Waals surface area contributed by atoms with Crippen molar-refractivity contribution in [2.45, 2.75) is 65.1 Å². The number of carboxylic acids is 1. The van der Waals surface area contributed by atoms with Gasteiger partial charge in [0.05, 0.1) is 0 Å². The van der Waals surface area contributed by atoms with E-state index in [4.69, 9.17) is 4.74 Å². The van der Waals surface area contributed by atoms with E-state index >= 15 is 0 Å². The molecule has 1 rings (SSSR count). The minimum absolute atomic E-state index is 0.171. The van der Waals surface area contributed by atoms with Crippen LogP contribution in [0.2, 0.25) is 0 Å². The van der Waals surface area contributed by atoms with Crippen LogP contribution in [-0.2, 0) is 14.3 Å². The molecular formula is C15H26N2O5. The van der Waals surface area contributed by atoms with Gasteiger partial charge in [0, 0.05) is 6.54 Å². The summed E-state index contributed by atoms with van der Waals surface area (Å²) in [5.74, 6) is -1.55. The van der Waals surface area contributed by atoms with Crippen molar-refractivity contribution < 1.29 is 24.2 Å². The number of carbonyl (C=O) groups excluding carboxylic acids is 2. The van der Waals surface area contributed by atoms with Gasteiger partial charge in [-0.3, -0.25) is 4.79 Å². The maximum absolute atomic E-state index is 12.6. The first-order valence-electron chi connectivity index (χ1n) is 7.55. The summed E-state index contributed by atoms with van der Waals surface area (Å²) < 4.78 is 5.17. The fraction of sp³-hybridized carbons (Fsp3) is 0.800. The van der Waals surface area contributed by atoms with Crippen LogP contribution in [-0.4, -0.2) is 52.2 Å². The predicted molar refractivity (Wildman–Crippen MR) is 80.4 cm³/mol. The molecule has 0 aromatic carbocycles. The van der Waals surface area contributed by atoms with Crippen molar-refractivity contribution >= 4 is 18.0 Å². The number of nitrogens with zero attached hydrogens (tertiary/aromatic N) is 1. The van der Waals surface area contributed by atoms with Crippen LogP contribution in [0.4, 0.5) is 4.79 Å². The first-order chi connectivity index (χ1) is 10.0. The summed E-state index contributed by atoms with van der Waals surface area (Å²) in [5.41, 5.74) is -0.661. The largest absolute Gasteiger partial charge is 0.480 e. The normalized spacial score (nSPS) is 19.9. The minimum Gasteiger partial charge on any atom is -0.480 e. The molecule has 2 amide bonds. The molecule has 126 valence electrons. The lowest BCUT2D eigenvalue weighted by molar-refractivity contribution is -0.149. The molecule has 0 aromatic heterocycles. The van der Waals surface area contributed by atoms with Gasteiger partial charge in [0.2, 0.25) is 5.91 Å². The molecule has 0 spiro atoms. The average molecular weight is 314 g/mol. The summed E-state index contributed by atoms with van der Waals surface area (Å²) in [6, 6.07) is -1.61. The van der Waals surface area contributed by atoms with Crippen LogP contribution in [0.15, 0.2) is 0 Å². The van der Waals surface area contributed by atoms with Crippen molar-refractivity contribution in [1.29, 1.82) is 0 Å². The number of hydrogen-bond donors (Lipinski definition) is 2. The van der Waals surface area contributed by atoms with Gasteiger partial charge in [-0.1, -0.05) is 13.8 Å². The monoisotopic (exact) mass is 314 g/mol. The van der Waals surface area contributed by atoms with E-state index in [1.165, 1.54) is 4.90 Å². The van der Waals surface area contributed by atoms with Crippen LogP contribution >= 0.6 is 0 Å². The predicted octanol–water partition coefficient (Wildman–Crippen LogP) is 1.61. The van der Waals surface area contributed by atoms with Gasteiger partial charge in [-0.15, -0.1) is 0 Å². The van der Waals surface area contributed by atoms with Crippen LogP contribution in [0.3, 0.4) is 0 Å². The molecule has 7 heteroatoms. The van der Waals surface area contributed by atoms with Crippen molar-refractivity contribution in [2.75, 3.05) is 6.54 Å². The molecule has 1 aliphatic heterocycles. The van der Waals surface area contributed by atoms with E-state index in [0.29, 0.717) is 19.4 Å². The fourth-order valence-electron chi connectivity index (χ4n) is 2.41. The van der Waals surface area contributed by atoms with E-state index in [9.17, 15) is 19.5 Å². The Morgan fingerprint density at radius 1 is 1.27 bits per heavy atom. The highest BCUT2D eigenvalue weighted by molar-refractivity contribution is 5.90. The molecule has 22 heavy (non-hydrogen) atoms. The van der Waals surface area contributed by atoms with Crippen molar-refractivity contribution in [3.63, 3.8) is 0 Å². The van der Waals surface area contributed by atoms with Gasteiger partial charge >= 0.3 is 12.1 Å². The SMILES string of the molecule is CC(C)[C@@H](NC(=O)OC(C)(C)C)C(=O)N1CCC[C@H]1C(=O)O. The Kier molecular flexibility index (Phi) is 5.79. The molecule has 0 radical (unpaired) electrons. The number of nitrogens with one attached hydrogen (secondary N) is 1. The zero-order chi connectivity index (χ0) is 17.1. The van der Waals surface area contributed by atoms with Gasteiger partial charge in [0.25, 0.3) is 0 Å². The second-order valence-corrected chi connectivity index (χ2v) is 6.90. The first-order valence-corrected chi connectivity index (χ1v) is 7.55. The van der Waals surface area contributed by atoms with Crippen molar-refractivity contribution in [3.8, 4) is 0 Å². The van der Waals surface area contributed by atoms with E-state index in [1.54, 1.807) is 34.6 Å². The molecule has 1 saturated heterocycles. The zero-order valence-electron chi connectivity index (χ0n) is 13.9. The minimum atomic E-state index is -1.01. The Bertz CT molecular complexity index is 442. The smallest absolute Gasteiger partial charge is 0.408 e. The molecule has 0 saturated carbocycles. The van der Waals surface area contributed by atoms with Crippen LogP contribution in [0, 0.1) is 5.92 Å². The third-order valence-corrected chi connectivity index (χ3v) is 3.43. The standard InChI is InChI=1S/C15H26N2O5/c1-9(2)11(16-14(21)22-15(3,4)5)12(18)17-8-6-7-10(17)13(19)20/h9-11H,6-8H2,1-5H3,(H,16,21)(H,19,20)/t10-,11+/m0/s1. The van der Waals surface area contributed by atoms with Crippen LogP contribution in [0.25, 0.3) is 0 Å². The molecule has 0 bridgehead atoms. The van der Waals surface area contributed by atoms with Crippen LogP contribution < -0.4 is 5.32 Å². The van der Waals surface area contributed by atoms with Gasteiger partial charge < -0.3 is 20.1 Å². The Balaban J connectivity index is 2.80. The molecule has 2 atom stereocenters. The number of carbonyl (C=O) groups is 3. The lowest BCUT2D eigenvalue weighted by Gasteiger charge is -2.30. The Labute approximate surface area is 131 Å². The lowest BCUT2D eigenvalue weighted by Crippen LogP contribution is -2.54. The second kappa shape index (κ2) is 6.98. The molecule has 1 aliphatic rings. The van der Waals surface area contributed by atoms with Crippen molar-refractivity contribution in [2.24, 2.45) is 5.92 Å². The summed E-state index contributed by atoms with van der Waals surface area (Å²) in [5, 5.41) is 11.7. The highest BCUT2D eigenvalue weighted by Gasteiger charge is 2.39. The van der Waals surface area contributed by atoms with Gasteiger partial charge in [-0.25, -0.2) is 9.59 Å². The summed E-state index contributed by atoms with van der Waals surface area (Å²) in [4.78, 5) is 37.0. The number of likely N-dealkylation sites (tertiary alicyclic amines) is 1. The fourth-order valence-corrected chi connectivity index (χ4v) is 2.41. The van der Waals surface area contributed by atoms with Crippen LogP contribution in [0.5, 0.6) is 0 Å². The van der Waals surface area contributed by atoms with Crippen molar-refractivity contribution in [3.05, 3.63) is 0 Å². The topological polar surface area (TPSA) is 95.9 Å². The van der Waals surface area contributed by atoms with E-state index < -0.39 is 29.7 Å². The first kappa shape index (κ1) is 18.3. The number of aliphatic carboxylic acids is 1. The number of hydrogen-bond acceptors (Lipinski definition) is 4. The van der Waals surface area contributed by atoms with Gasteiger partial charge in [-0.05, 0) is 39.5 Å². The summed E-state index contributed by atoms with van der Waals surface area (Å²) in [6.07, 6.45) is 0.420. The van der Waals surface area contributed by atoms with Crippen molar-refractivity contribution in [1.82, 2.24) is 10.2 Å². The quantitative estimate of drug-likeness (QED) is 0.822. The Morgan fingerprint density at radius 2 is 1.86 bits per heavy atom. The maximum atomic E-state index is 12.6. The maximum Gasteiger partial charge on any atom is 0.408 e. The Hall–Kier alpha value is -1.79. The van der Waals surface area contributed by atoms with E-state index in [2.05, 4.69) is 5.32 Å². The molecule has 7 nitrogen and oxygen atoms in total. The molecule has 0 aromatic rings. The summed E-state index contributed by atoms with van der Waals surface area (Å²) in [7, 11) is 0. The molecule has 0 aliphatic carbocycles. The highest BCUT2D eigenvalue weighted by atomic mass is 16.6. The lowest BCUT2D eigenvalue weighted by atomic mass is 10.0. The number of carboxylic acid groups (broad SMARTS) is 1. The Morgan fingerprint density at radius 3 is 2.32 bits per heavy atom. The number of ether oxygens (including phenoxy) is 1. The number of rotatable bonds is 4. The molecule has 0 unspecified atom stereocenters. The van der Waals surface area contributed by atoms with Gasteiger partial charge in [0.1, 0.15) is 17.7 Å². The summed E-state index contributed by atoms with van der Waals surface area (Å²) >= 11 is 0.